The van der Waals surface area contributed by atoms with Crippen LogP contribution in [-0.2, 0) is 20.9 Å². The Bertz CT molecular complexity index is 910. The molecule has 1 saturated heterocycles. The summed E-state index contributed by atoms with van der Waals surface area (Å²) in [7, 11) is 0. The molecule has 5 nitrogen and oxygen atoms in total. The van der Waals surface area contributed by atoms with Gasteiger partial charge < -0.3 is 9.47 Å². The van der Waals surface area contributed by atoms with Gasteiger partial charge in [-0.05, 0) is 64.4 Å². The summed E-state index contributed by atoms with van der Waals surface area (Å²) in [6.07, 6.45) is 10.2. The SMILES string of the molecule is CCCCCCC#CC(=O)[C@@H]1CCCC[C@]12CC[C@@H](COCc1ccccc1)N2C(=O)OC(C)(C)C. The van der Waals surface area contributed by atoms with Crippen molar-refractivity contribution in [1.29, 1.82) is 0 Å². The van der Waals surface area contributed by atoms with Crippen molar-refractivity contribution in [2.75, 3.05) is 6.61 Å². The number of rotatable bonds is 9. The zero-order valence-corrected chi connectivity index (χ0v) is 22.8. The molecule has 0 N–H and O–H groups in total. The van der Waals surface area contributed by atoms with Gasteiger partial charge in [-0.15, -0.1) is 0 Å². The number of benzene rings is 1. The summed E-state index contributed by atoms with van der Waals surface area (Å²) in [4.78, 5) is 28.9. The average molecular weight is 496 g/mol. The quantitative estimate of drug-likeness (QED) is 0.209. The molecule has 1 amide bonds. The highest BCUT2D eigenvalue weighted by Gasteiger charge is 2.56. The molecule has 1 heterocycles. The second-order valence-electron chi connectivity index (χ2n) is 11.4. The molecule has 0 aromatic heterocycles. The van der Waals surface area contributed by atoms with Crippen molar-refractivity contribution >= 4 is 11.9 Å². The molecule has 1 aromatic rings. The lowest BCUT2D eigenvalue weighted by atomic mass is 9.69. The molecule has 36 heavy (non-hydrogen) atoms. The van der Waals surface area contributed by atoms with Gasteiger partial charge in [0.05, 0.1) is 30.7 Å². The Kier molecular flexibility index (Phi) is 10.4. The minimum atomic E-state index is -0.608. The molecule has 1 saturated carbocycles. The van der Waals surface area contributed by atoms with E-state index in [0.717, 1.165) is 63.4 Å². The average Bonchev–Trinajstić information content (AvgIpc) is 3.19. The maximum absolute atomic E-state index is 13.6. The van der Waals surface area contributed by atoms with Crippen LogP contribution in [0.25, 0.3) is 0 Å². The number of amides is 1. The molecule has 1 aliphatic heterocycles. The smallest absolute Gasteiger partial charge is 0.411 e. The Morgan fingerprint density at radius 3 is 2.56 bits per heavy atom. The maximum Gasteiger partial charge on any atom is 0.411 e. The number of ketones is 1. The standard InChI is InChI=1S/C31H45NO4/c1-5-6-7-8-9-13-19-28(33)27-18-14-15-21-31(27)22-20-26(32(31)29(34)36-30(2,3)4)24-35-23-25-16-11-10-12-17-25/h10-12,16-17,26-27H,5-9,14-15,18,20-24H2,1-4H3/t26-,27-,31-/m0/s1. The number of ether oxygens (including phenoxy) is 2. The van der Waals surface area contributed by atoms with Gasteiger partial charge in [-0.1, -0.05) is 75.3 Å². The van der Waals surface area contributed by atoms with E-state index in [4.69, 9.17) is 9.47 Å². The van der Waals surface area contributed by atoms with E-state index in [1.807, 2.05) is 56.0 Å². The second kappa shape index (κ2) is 13.3. The van der Waals surface area contributed by atoms with Gasteiger partial charge in [0, 0.05) is 6.42 Å². The zero-order valence-electron chi connectivity index (χ0n) is 22.8. The van der Waals surface area contributed by atoms with Gasteiger partial charge in [0.1, 0.15) is 5.60 Å². The Hall–Kier alpha value is -2.32. The molecule has 1 aliphatic carbocycles. The number of unbranched alkanes of at least 4 members (excludes halogenated alkanes) is 4. The van der Waals surface area contributed by atoms with Gasteiger partial charge in [0.2, 0.25) is 5.78 Å². The lowest BCUT2D eigenvalue weighted by molar-refractivity contribution is -0.124. The van der Waals surface area contributed by atoms with Gasteiger partial charge in [-0.25, -0.2) is 4.79 Å². The van der Waals surface area contributed by atoms with E-state index in [1.54, 1.807) is 0 Å². The second-order valence-corrected chi connectivity index (χ2v) is 11.4. The maximum atomic E-state index is 13.6. The summed E-state index contributed by atoms with van der Waals surface area (Å²) in [5.74, 6) is 5.83. The van der Waals surface area contributed by atoms with Crippen molar-refractivity contribution in [3.8, 4) is 11.8 Å². The van der Waals surface area contributed by atoms with E-state index in [0.29, 0.717) is 13.2 Å². The molecule has 3 rings (SSSR count). The molecule has 2 fully saturated rings. The van der Waals surface area contributed by atoms with Crippen molar-refractivity contribution in [2.24, 2.45) is 5.92 Å². The molecule has 2 aliphatic rings. The minimum Gasteiger partial charge on any atom is -0.444 e. The highest BCUT2D eigenvalue weighted by atomic mass is 16.6. The number of hydrogen-bond acceptors (Lipinski definition) is 4. The summed E-state index contributed by atoms with van der Waals surface area (Å²) < 4.78 is 12.0. The first-order valence-corrected chi connectivity index (χ1v) is 13.9. The van der Waals surface area contributed by atoms with Crippen LogP contribution in [-0.4, -0.2) is 40.6 Å². The third kappa shape index (κ3) is 7.59. The predicted molar refractivity (Wildman–Crippen MR) is 143 cm³/mol. The van der Waals surface area contributed by atoms with Gasteiger partial charge in [-0.3, -0.25) is 9.69 Å². The van der Waals surface area contributed by atoms with Crippen molar-refractivity contribution in [3.63, 3.8) is 0 Å². The van der Waals surface area contributed by atoms with Crippen LogP contribution in [0.4, 0.5) is 4.79 Å². The third-order valence-electron chi connectivity index (χ3n) is 7.45. The minimum absolute atomic E-state index is 0.00963. The van der Waals surface area contributed by atoms with Crippen LogP contribution in [0.3, 0.4) is 0 Å². The van der Waals surface area contributed by atoms with Gasteiger partial charge >= 0.3 is 6.09 Å². The van der Waals surface area contributed by atoms with Crippen LogP contribution in [0.1, 0.15) is 104 Å². The van der Waals surface area contributed by atoms with Crippen LogP contribution in [0, 0.1) is 17.8 Å². The first-order valence-electron chi connectivity index (χ1n) is 13.9. The fourth-order valence-corrected chi connectivity index (χ4v) is 5.78. The number of carbonyl (C=O) groups is 2. The van der Waals surface area contributed by atoms with Crippen LogP contribution in [0.2, 0.25) is 0 Å². The number of hydrogen-bond donors (Lipinski definition) is 0. The third-order valence-corrected chi connectivity index (χ3v) is 7.45. The van der Waals surface area contributed by atoms with Crippen molar-refractivity contribution in [2.45, 2.75) is 122 Å². The Morgan fingerprint density at radius 1 is 1.06 bits per heavy atom. The topological polar surface area (TPSA) is 55.8 Å². The molecule has 0 unspecified atom stereocenters. The van der Waals surface area contributed by atoms with E-state index in [-0.39, 0.29) is 23.8 Å². The summed E-state index contributed by atoms with van der Waals surface area (Å²) in [5, 5.41) is 0. The van der Waals surface area contributed by atoms with Crippen LogP contribution >= 0.6 is 0 Å². The van der Waals surface area contributed by atoms with Crippen molar-refractivity contribution < 1.29 is 19.1 Å². The van der Waals surface area contributed by atoms with Gasteiger partial charge in [0.15, 0.2) is 0 Å². The number of Topliss-reactive ketones (excluding diaryl/α,β-unsaturated/α-hetero) is 1. The van der Waals surface area contributed by atoms with Crippen molar-refractivity contribution in [3.05, 3.63) is 35.9 Å². The first kappa shape index (κ1) is 28.3. The largest absolute Gasteiger partial charge is 0.444 e. The van der Waals surface area contributed by atoms with Gasteiger partial charge in [-0.2, -0.15) is 0 Å². The molecule has 1 spiro atoms. The summed E-state index contributed by atoms with van der Waals surface area (Å²) in [6, 6.07) is 9.96. The molecule has 0 radical (unpaired) electrons. The van der Waals surface area contributed by atoms with E-state index >= 15 is 0 Å². The van der Waals surface area contributed by atoms with Gasteiger partial charge in [0.25, 0.3) is 0 Å². The summed E-state index contributed by atoms with van der Waals surface area (Å²) in [5.41, 5.74) is -0.0352. The lowest BCUT2D eigenvalue weighted by Crippen LogP contribution is -2.59. The number of likely N-dealkylation sites (tertiary alicyclic amines) is 1. The number of carbonyl (C=O) groups excluding carboxylic acids is 2. The molecule has 0 bridgehead atoms. The van der Waals surface area contributed by atoms with Crippen LogP contribution in [0.5, 0.6) is 0 Å². The van der Waals surface area contributed by atoms with Crippen LogP contribution in [0.15, 0.2) is 30.3 Å². The lowest BCUT2D eigenvalue weighted by Gasteiger charge is -2.47. The molecule has 5 heteroatoms. The molecule has 198 valence electrons. The zero-order chi connectivity index (χ0) is 26.0. The summed E-state index contributed by atoms with van der Waals surface area (Å²) >= 11 is 0. The highest BCUT2D eigenvalue weighted by molar-refractivity contribution is 5.98. The molecular weight excluding hydrogens is 450 g/mol. The normalized spacial score (nSPS) is 23.8. The first-order chi connectivity index (χ1) is 17.3. The fourth-order valence-electron chi connectivity index (χ4n) is 5.78. The fraction of sp³-hybridized carbons (Fsp3) is 0.677. The molecule has 1 aromatic carbocycles. The molecule has 3 atom stereocenters. The Labute approximate surface area is 218 Å². The highest BCUT2D eigenvalue weighted by Crippen LogP contribution is 2.49. The van der Waals surface area contributed by atoms with E-state index in [2.05, 4.69) is 18.8 Å². The van der Waals surface area contributed by atoms with E-state index in [9.17, 15) is 9.59 Å². The van der Waals surface area contributed by atoms with Crippen LogP contribution < -0.4 is 0 Å². The Balaban J connectivity index is 1.77. The Morgan fingerprint density at radius 2 is 1.83 bits per heavy atom. The predicted octanol–water partition coefficient (Wildman–Crippen LogP) is 7.07. The van der Waals surface area contributed by atoms with E-state index in [1.165, 1.54) is 12.8 Å². The van der Waals surface area contributed by atoms with E-state index < -0.39 is 11.1 Å². The monoisotopic (exact) mass is 495 g/mol. The van der Waals surface area contributed by atoms with Crippen molar-refractivity contribution in [1.82, 2.24) is 4.90 Å². The summed E-state index contributed by atoms with van der Waals surface area (Å²) in [6.45, 7) is 8.79. The number of nitrogens with zero attached hydrogens (tertiary/aromatic N) is 1. The molecular formula is C31H45NO4.